The molecule has 5 heteroatoms. The lowest BCUT2D eigenvalue weighted by Gasteiger charge is -2.29. The lowest BCUT2D eigenvalue weighted by Crippen LogP contribution is -2.46. The molecule has 25 heavy (non-hydrogen) atoms. The Bertz CT molecular complexity index is 761. The van der Waals surface area contributed by atoms with E-state index < -0.39 is 11.4 Å². The van der Waals surface area contributed by atoms with Gasteiger partial charge >= 0.3 is 5.97 Å². The number of carboxylic acid groups (broad SMARTS) is 1. The van der Waals surface area contributed by atoms with Crippen molar-refractivity contribution in [2.45, 2.75) is 30.6 Å². The number of hydrogen-bond acceptors (Lipinski definition) is 3. The molecule has 0 bridgehead atoms. The molecule has 2 rings (SSSR count). The van der Waals surface area contributed by atoms with Gasteiger partial charge in [-0.05, 0) is 42.9 Å². The molecule has 0 aliphatic carbocycles. The van der Waals surface area contributed by atoms with Crippen molar-refractivity contribution in [2.24, 2.45) is 0 Å². The number of benzene rings is 2. The van der Waals surface area contributed by atoms with Crippen LogP contribution in [0.15, 0.2) is 53.4 Å². The summed E-state index contributed by atoms with van der Waals surface area (Å²) in [7, 11) is 0. The number of carbonyl (C=O) groups excluding carboxylic acids is 1. The normalized spacial score (nSPS) is 13.1. The number of carbonyl (C=O) groups is 2. The molecule has 0 radical (unpaired) electrons. The summed E-state index contributed by atoms with van der Waals surface area (Å²) in [4.78, 5) is 25.7. The summed E-state index contributed by atoms with van der Waals surface area (Å²) in [5.41, 5.74) is 1.00. The van der Waals surface area contributed by atoms with Gasteiger partial charge in [0.1, 0.15) is 5.41 Å². The first-order chi connectivity index (χ1) is 11.9. The van der Waals surface area contributed by atoms with Crippen LogP contribution in [-0.2, 0) is 10.2 Å². The maximum atomic E-state index is 12.6. The SMILES string of the molecule is CCC(CNC(=O)c1cc(SC)ccc1C)(C(=O)O)c1ccccc1. The number of hydrogen-bond donors (Lipinski definition) is 2. The van der Waals surface area contributed by atoms with Crippen molar-refractivity contribution in [2.75, 3.05) is 12.8 Å². The van der Waals surface area contributed by atoms with Gasteiger partial charge in [-0.15, -0.1) is 11.8 Å². The molecule has 0 spiro atoms. The highest BCUT2D eigenvalue weighted by atomic mass is 32.2. The van der Waals surface area contributed by atoms with Gasteiger partial charge in [-0.25, -0.2) is 0 Å². The number of amides is 1. The van der Waals surface area contributed by atoms with Crippen molar-refractivity contribution in [3.05, 3.63) is 65.2 Å². The van der Waals surface area contributed by atoms with Crippen molar-refractivity contribution in [1.82, 2.24) is 5.32 Å². The zero-order chi connectivity index (χ0) is 18.4. The van der Waals surface area contributed by atoms with Gasteiger partial charge in [-0.1, -0.05) is 43.3 Å². The van der Waals surface area contributed by atoms with Crippen molar-refractivity contribution in [3.63, 3.8) is 0 Å². The van der Waals surface area contributed by atoms with Crippen LogP contribution in [0.2, 0.25) is 0 Å². The van der Waals surface area contributed by atoms with Gasteiger partial charge in [0.05, 0.1) is 0 Å². The van der Waals surface area contributed by atoms with E-state index in [1.807, 2.05) is 56.5 Å². The van der Waals surface area contributed by atoms with Crippen LogP contribution in [0.5, 0.6) is 0 Å². The molecule has 1 atom stereocenters. The summed E-state index contributed by atoms with van der Waals surface area (Å²) in [5.74, 6) is -1.18. The molecule has 4 nitrogen and oxygen atoms in total. The number of aliphatic carboxylic acids is 1. The predicted octanol–water partition coefficient (Wildman–Crippen LogP) is 3.88. The van der Waals surface area contributed by atoms with Crippen LogP contribution in [0.3, 0.4) is 0 Å². The summed E-state index contributed by atoms with van der Waals surface area (Å²) in [6.07, 6.45) is 2.34. The second-order valence-corrected chi connectivity index (χ2v) is 6.85. The minimum absolute atomic E-state index is 0.0462. The Morgan fingerprint density at radius 3 is 2.40 bits per heavy atom. The fourth-order valence-electron chi connectivity index (χ4n) is 2.84. The van der Waals surface area contributed by atoms with E-state index in [1.54, 1.807) is 23.9 Å². The molecule has 0 aliphatic rings. The van der Waals surface area contributed by atoms with E-state index >= 15 is 0 Å². The van der Waals surface area contributed by atoms with Gasteiger partial charge < -0.3 is 10.4 Å². The van der Waals surface area contributed by atoms with Gasteiger partial charge in [0.25, 0.3) is 5.91 Å². The maximum absolute atomic E-state index is 12.6. The molecule has 0 saturated carbocycles. The van der Waals surface area contributed by atoms with E-state index in [0.717, 1.165) is 10.5 Å². The van der Waals surface area contributed by atoms with Crippen LogP contribution >= 0.6 is 11.8 Å². The molecule has 0 fully saturated rings. The quantitative estimate of drug-likeness (QED) is 0.738. The summed E-state index contributed by atoms with van der Waals surface area (Å²) >= 11 is 1.56. The molecule has 2 aromatic rings. The lowest BCUT2D eigenvalue weighted by molar-refractivity contribution is -0.143. The van der Waals surface area contributed by atoms with Gasteiger partial charge in [-0.2, -0.15) is 0 Å². The van der Waals surface area contributed by atoms with Crippen molar-refractivity contribution < 1.29 is 14.7 Å². The number of thioether (sulfide) groups is 1. The third-order valence-corrected chi connectivity index (χ3v) is 5.30. The van der Waals surface area contributed by atoms with Crippen LogP contribution in [0.25, 0.3) is 0 Å². The minimum atomic E-state index is -1.14. The standard InChI is InChI=1S/C20H23NO3S/c1-4-20(19(23)24,15-8-6-5-7-9-15)13-21-18(22)17-12-16(25-3)11-10-14(17)2/h5-12H,4,13H2,1-3H3,(H,21,22)(H,23,24). The van der Waals surface area contributed by atoms with Gasteiger partial charge in [-0.3, -0.25) is 9.59 Å². The molecule has 2 aromatic carbocycles. The Hall–Kier alpha value is -2.27. The van der Waals surface area contributed by atoms with E-state index in [0.29, 0.717) is 17.5 Å². The van der Waals surface area contributed by atoms with Gasteiger partial charge in [0, 0.05) is 17.0 Å². The van der Waals surface area contributed by atoms with Crippen LogP contribution in [0, 0.1) is 6.92 Å². The third-order valence-electron chi connectivity index (χ3n) is 4.58. The average molecular weight is 357 g/mol. The van der Waals surface area contributed by atoms with Crippen molar-refractivity contribution in [1.29, 1.82) is 0 Å². The largest absolute Gasteiger partial charge is 0.481 e. The van der Waals surface area contributed by atoms with Crippen LogP contribution < -0.4 is 5.32 Å². The molecule has 132 valence electrons. The van der Waals surface area contributed by atoms with E-state index in [1.165, 1.54) is 0 Å². The molecular weight excluding hydrogens is 334 g/mol. The summed E-state index contributed by atoms with van der Waals surface area (Å²) in [6, 6.07) is 14.8. The second-order valence-electron chi connectivity index (χ2n) is 5.97. The van der Waals surface area contributed by atoms with Crippen molar-refractivity contribution in [3.8, 4) is 0 Å². The zero-order valence-corrected chi connectivity index (χ0v) is 15.5. The lowest BCUT2D eigenvalue weighted by atomic mass is 9.78. The van der Waals surface area contributed by atoms with Crippen LogP contribution in [0.1, 0.15) is 34.8 Å². The fourth-order valence-corrected chi connectivity index (χ4v) is 3.28. The highest BCUT2D eigenvalue weighted by Crippen LogP contribution is 2.28. The molecule has 1 amide bonds. The number of aryl methyl sites for hydroxylation is 1. The predicted molar refractivity (Wildman–Crippen MR) is 101 cm³/mol. The fraction of sp³-hybridized carbons (Fsp3) is 0.300. The van der Waals surface area contributed by atoms with Crippen LogP contribution in [-0.4, -0.2) is 29.8 Å². The number of nitrogens with one attached hydrogen (secondary N) is 1. The van der Waals surface area contributed by atoms with Gasteiger partial charge in [0.2, 0.25) is 0 Å². The molecule has 0 heterocycles. The summed E-state index contributed by atoms with van der Waals surface area (Å²) in [5, 5.41) is 12.7. The van der Waals surface area contributed by atoms with E-state index in [-0.39, 0.29) is 12.5 Å². The Morgan fingerprint density at radius 2 is 1.84 bits per heavy atom. The number of carboxylic acids is 1. The molecule has 0 saturated heterocycles. The summed E-state index contributed by atoms with van der Waals surface area (Å²) in [6.45, 7) is 3.75. The first-order valence-corrected chi connectivity index (χ1v) is 9.39. The Balaban J connectivity index is 2.27. The second kappa shape index (κ2) is 8.21. The zero-order valence-electron chi connectivity index (χ0n) is 14.7. The molecule has 2 N–H and O–H groups in total. The maximum Gasteiger partial charge on any atom is 0.315 e. The Kier molecular flexibility index (Phi) is 6.26. The summed E-state index contributed by atoms with van der Waals surface area (Å²) < 4.78 is 0. The van der Waals surface area contributed by atoms with E-state index in [2.05, 4.69) is 5.32 Å². The highest BCUT2D eigenvalue weighted by Gasteiger charge is 2.39. The van der Waals surface area contributed by atoms with Crippen LogP contribution in [0.4, 0.5) is 0 Å². The topological polar surface area (TPSA) is 66.4 Å². The molecule has 0 aliphatic heterocycles. The van der Waals surface area contributed by atoms with E-state index in [4.69, 9.17) is 0 Å². The third kappa shape index (κ3) is 4.04. The average Bonchev–Trinajstić information content (AvgIpc) is 2.63. The van der Waals surface area contributed by atoms with Gasteiger partial charge in [0.15, 0.2) is 0 Å². The monoisotopic (exact) mass is 357 g/mol. The number of rotatable bonds is 7. The van der Waals surface area contributed by atoms with Crippen molar-refractivity contribution >= 4 is 23.6 Å². The molecular formula is C20H23NO3S. The smallest absolute Gasteiger partial charge is 0.315 e. The Morgan fingerprint density at radius 1 is 1.16 bits per heavy atom. The highest BCUT2D eigenvalue weighted by molar-refractivity contribution is 7.98. The molecule has 0 aromatic heterocycles. The molecule has 1 unspecified atom stereocenters. The van der Waals surface area contributed by atoms with E-state index in [9.17, 15) is 14.7 Å². The minimum Gasteiger partial charge on any atom is -0.481 e. The first kappa shape index (κ1) is 19.1. The Labute approximate surface area is 152 Å². The first-order valence-electron chi connectivity index (χ1n) is 8.16.